The van der Waals surface area contributed by atoms with Gasteiger partial charge in [-0.25, -0.2) is 13.2 Å². The van der Waals surface area contributed by atoms with Gasteiger partial charge >= 0.3 is 0 Å². The fraction of sp³-hybridized carbons (Fsp3) is 0.455. The Balaban J connectivity index is 3.05. The molecule has 0 N–H and O–H groups in total. The summed E-state index contributed by atoms with van der Waals surface area (Å²) in [6.07, 6.45) is 0. The van der Waals surface area contributed by atoms with E-state index in [9.17, 15) is 17.4 Å². The number of hydrogen-bond donors (Lipinski definition) is 0. The number of halogens is 3. The molecule has 0 bridgehead atoms. The minimum Gasteiger partial charge on any atom is -0.254 e. The molecule has 0 spiro atoms. The van der Waals surface area contributed by atoms with E-state index in [4.69, 9.17) is 0 Å². The smallest absolute Gasteiger partial charge is 0.254 e. The number of rotatable bonds is 3. The summed E-state index contributed by atoms with van der Waals surface area (Å²) in [5.74, 6) is -4.14. The maximum atomic E-state index is 13.1. The van der Waals surface area contributed by atoms with Crippen molar-refractivity contribution in [1.82, 2.24) is 0 Å². The quantitative estimate of drug-likeness (QED) is 0.805. The largest absolute Gasteiger partial charge is 0.257 e. The summed E-state index contributed by atoms with van der Waals surface area (Å²) in [4.78, 5) is 0.278. The summed E-state index contributed by atoms with van der Waals surface area (Å²) in [6.45, 7) is 3.79. The zero-order valence-electron chi connectivity index (χ0n) is 9.31. The molecule has 16 heavy (non-hydrogen) atoms. The molecule has 0 radical (unpaired) electrons. The number of aryl methyl sites for hydroxylation is 2. The molecule has 0 heterocycles. The number of alkyl halides is 2. The standard InChI is InChI=1S/C11H13F3OS/c1-7-5-10(8(2)4-9(7)12)16(15)6-11(3,13)14/h4-5H,6H2,1-3H3. The van der Waals surface area contributed by atoms with Crippen LogP contribution >= 0.6 is 0 Å². The Kier molecular flexibility index (Phi) is 3.78. The first-order valence-corrected chi connectivity index (χ1v) is 6.05. The molecule has 0 saturated carbocycles. The molecule has 1 aromatic carbocycles. The van der Waals surface area contributed by atoms with Crippen LogP contribution in [0.2, 0.25) is 0 Å². The van der Waals surface area contributed by atoms with Crippen LogP contribution in [0.25, 0.3) is 0 Å². The van der Waals surface area contributed by atoms with E-state index in [-0.39, 0.29) is 4.90 Å². The average molecular weight is 250 g/mol. The molecule has 0 aliphatic rings. The van der Waals surface area contributed by atoms with Crippen LogP contribution < -0.4 is 0 Å². The Morgan fingerprint density at radius 1 is 1.25 bits per heavy atom. The third-order valence-electron chi connectivity index (χ3n) is 2.09. The van der Waals surface area contributed by atoms with Crippen LogP contribution in [-0.2, 0) is 10.8 Å². The molecule has 0 aliphatic heterocycles. The van der Waals surface area contributed by atoms with Gasteiger partial charge in [-0.3, -0.25) is 4.21 Å². The Hall–Kier alpha value is -0.840. The van der Waals surface area contributed by atoms with Gasteiger partial charge in [-0.2, -0.15) is 0 Å². The van der Waals surface area contributed by atoms with Crippen LogP contribution in [0.4, 0.5) is 13.2 Å². The van der Waals surface area contributed by atoms with E-state index in [1.165, 1.54) is 19.1 Å². The van der Waals surface area contributed by atoms with E-state index < -0.39 is 28.3 Å². The molecule has 0 amide bonds. The van der Waals surface area contributed by atoms with Crippen molar-refractivity contribution in [1.29, 1.82) is 0 Å². The van der Waals surface area contributed by atoms with Gasteiger partial charge in [-0.15, -0.1) is 0 Å². The molecule has 90 valence electrons. The number of benzene rings is 1. The highest BCUT2D eigenvalue weighted by molar-refractivity contribution is 7.85. The molecule has 1 nitrogen and oxygen atoms in total. The van der Waals surface area contributed by atoms with Crippen molar-refractivity contribution in [3.63, 3.8) is 0 Å². The monoisotopic (exact) mass is 250 g/mol. The minimum atomic E-state index is -2.99. The minimum absolute atomic E-state index is 0.278. The average Bonchev–Trinajstić information content (AvgIpc) is 2.08. The van der Waals surface area contributed by atoms with Crippen LogP contribution in [0.5, 0.6) is 0 Å². The van der Waals surface area contributed by atoms with Crippen LogP contribution in [-0.4, -0.2) is 15.9 Å². The first-order valence-electron chi connectivity index (χ1n) is 4.73. The normalized spacial score (nSPS) is 13.9. The molecule has 0 saturated heterocycles. The lowest BCUT2D eigenvalue weighted by atomic mass is 10.1. The van der Waals surface area contributed by atoms with E-state index in [1.54, 1.807) is 6.92 Å². The third-order valence-corrected chi connectivity index (χ3v) is 3.79. The van der Waals surface area contributed by atoms with Gasteiger partial charge in [0, 0.05) is 11.8 Å². The molecular weight excluding hydrogens is 237 g/mol. The van der Waals surface area contributed by atoms with Crippen molar-refractivity contribution in [3.05, 3.63) is 29.1 Å². The molecule has 5 heteroatoms. The summed E-state index contributed by atoms with van der Waals surface area (Å²) in [5, 5.41) is 0. The second kappa shape index (κ2) is 4.57. The summed E-state index contributed by atoms with van der Waals surface area (Å²) in [5.41, 5.74) is 0.749. The maximum absolute atomic E-state index is 13.1. The molecule has 0 fully saturated rings. The lowest BCUT2D eigenvalue weighted by Crippen LogP contribution is -2.20. The van der Waals surface area contributed by atoms with Crippen molar-refractivity contribution in [2.75, 3.05) is 5.75 Å². The van der Waals surface area contributed by atoms with Crippen LogP contribution in [0.15, 0.2) is 17.0 Å². The van der Waals surface area contributed by atoms with E-state index in [0.717, 1.165) is 6.92 Å². The van der Waals surface area contributed by atoms with Crippen molar-refractivity contribution in [2.45, 2.75) is 31.6 Å². The highest BCUT2D eigenvalue weighted by Crippen LogP contribution is 2.22. The highest BCUT2D eigenvalue weighted by Gasteiger charge is 2.26. The van der Waals surface area contributed by atoms with E-state index >= 15 is 0 Å². The van der Waals surface area contributed by atoms with E-state index in [1.807, 2.05) is 0 Å². The van der Waals surface area contributed by atoms with Gasteiger partial charge in [0.15, 0.2) is 0 Å². The summed E-state index contributed by atoms with van der Waals surface area (Å²) in [7, 11) is -1.80. The van der Waals surface area contributed by atoms with Crippen molar-refractivity contribution < 1.29 is 17.4 Å². The second-order valence-electron chi connectivity index (χ2n) is 3.93. The van der Waals surface area contributed by atoms with Gasteiger partial charge < -0.3 is 0 Å². The van der Waals surface area contributed by atoms with Gasteiger partial charge in [0.1, 0.15) is 5.82 Å². The molecule has 1 aromatic rings. The van der Waals surface area contributed by atoms with Gasteiger partial charge in [-0.05, 0) is 37.1 Å². The fourth-order valence-electron chi connectivity index (χ4n) is 1.31. The van der Waals surface area contributed by atoms with Gasteiger partial charge in [-0.1, -0.05) is 0 Å². The molecule has 1 atom stereocenters. The molecular formula is C11H13F3OS. The molecule has 1 unspecified atom stereocenters. The molecule has 0 aromatic heterocycles. The topological polar surface area (TPSA) is 17.1 Å². The first-order chi connectivity index (χ1) is 7.20. The number of hydrogen-bond acceptors (Lipinski definition) is 1. The van der Waals surface area contributed by atoms with Crippen molar-refractivity contribution >= 4 is 10.8 Å². The van der Waals surface area contributed by atoms with Gasteiger partial charge in [0.2, 0.25) is 0 Å². The van der Waals surface area contributed by atoms with Crippen LogP contribution in [0.3, 0.4) is 0 Å². The van der Waals surface area contributed by atoms with Crippen molar-refractivity contribution in [3.8, 4) is 0 Å². The highest BCUT2D eigenvalue weighted by atomic mass is 32.2. The van der Waals surface area contributed by atoms with Crippen molar-refractivity contribution in [2.24, 2.45) is 0 Å². The lowest BCUT2D eigenvalue weighted by Gasteiger charge is -2.12. The van der Waals surface area contributed by atoms with Crippen LogP contribution in [0.1, 0.15) is 18.1 Å². The van der Waals surface area contributed by atoms with Gasteiger partial charge in [0.25, 0.3) is 5.92 Å². The SMILES string of the molecule is Cc1cc(S(=O)CC(C)(F)F)c(C)cc1F. The summed E-state index contributed by atoms with van der Waals surface area (Å²) >= 11 is 0. The Bertz CT molecular complexity index is 424. The molecule has 0 aliphatic carbocycles. The summed E-state index contributed by atoms with van der Waals surface area (Å²) < 4.78 is 50.2. The summed E-state index contributed by atoms with van der Waals surface area (Å²) in [6, 6.07) is 2.59. The predicted molar refractivity (Wildman–Crippen MR) is 57.8 cm³/mol. The van der Waals surface area contributed by atoms with E-state index in [0.29, 0.717) is 11.1 Å². The Labute approximate surface area is 95.1 Å². The van der Waals surface area contributed by atoms with E-state index in [2.05, 4.69) is 0 Å². The third kappa shape index (κ3) is 3.33. The Morgan fingerprint density at radius 3 is 2.31 bits per heavy atom. The van der Waals surface area contributed by atoms with Crippen LogP contribution in [0, 0.1) is 19.7 Å². The zero-order valence-corrected chi connectivity index (χ0v) is 10.1. The second-order valence-corrected chi connectivity index (χ2v) is 5.35. The van der Waals surface area contributed by atoms with Gasteiger partial charge in [0.05, 0.1) is 16.6 Å². The zero-order chi connectivity index (χ0) is 12.5. The lowest BCUT2D eigenvalue weighted by molar-refractivity contribution is 0.0483. The first kappa shape index (κ1) is 13.2. The predicted octanol–water partition coefficient (Wildman–Crippen LogP) is 3.21. The maximum Gasteiger partial charge on any atom is 0.257 e. The molecule has 1 rings (SSSR count). The Morgan fingerprint density at radius 2 is 1.81 bits per heavy atom. The fourth-order valence-corrected chi connectivity index (χ4v) is 2.65.